The van der Waals surface area contributed by atoms with Gasteiger partial charge in [-0.3, -0.25) is 14.9 Å². The van der Waals surface area contributed by atoms with Crippen LogP contribution >= 0.6 is 0 Å². The molecule has 1 amide bonds. The first-order valence-corrected chi connectivity index (χ1v) is 6.38. The van der Waals surface area contributed by atoms with Gasteiger partial charge in [-0.2, -0.15) is 0 Å². The molecule has 0 bridgehead atoms. The van der Waals surface area contributed by atoms with Crippen LogP contribution in [-0.2, 0) is 16.0 Å². The smallest absolute Gasteiger partial charge is 0.326 e. The molecule has 0 spiro atoms. The number of hydrogen-bond donors (Lipinski definition) is 2. The van der Waals surface area contributed by atoms with E-state index in [9.17, 15) is 19.7 Å². The van der Waals surface area contributed by atoms with Crippen LogP contribution in [0.15, 0.2) is 12.1 Å². The number of rotatable bonds is 4. The number of carbonyl (C=O) groups excluding carboxylic acids is 1. The van der Waals surface area contributed by atoms with Gasteiger partial charge >= 0.3 is 5.97 Å². The van der Waals surface area contributed by atoms with Crippen LogP contribution < -0.4 is 10.2 Å². The van der Waals surface area contributed by atoms with E-state index in [0.29, 0.717) is 18.5 Å². The molecule has 21 heavy (non-hydrogen) atoms. The first kappa shape index (κ1) is 14.8. The summed E-state index contributed by atoms with van der Waals surface area (Å²) in [5, 5.41) is 22.8. The van der Waals surface area contributed by atoms with Crippen molar-refractivity contribution in [2.75, 3.05) is 17.3 Å². The van der Waals surface area contributed by atoms with E-state index in [1.165, 1.54) is 24.9 Å². The highest BCUT2D eigenvalue weighted by molar-refractivity contribution is 5.95. The third-order valence-corrected chi connectivity index (χ3v) is 3.61. The SMILES string of the molecule is CC(C(=O)O)N(C)c1cc2c(cc1[N+](=O)[O-])NC(=O)CC2. The number of nitro benzene ring substituents is 1. The van der Waals surface area contributed by atoms with Crippen molar-refractivity contribution in [2.24, 2.45) is 0 Å². The Morgan fingerprint density at radius 2 is 2.14 bits per heavy atom. The number of nitrogens with one attached hydrogen (secondary N) is 1. The lowest BCUT2D eigenvalue weighted by Crippen LogP contribution is -2.36. The van der Waals surface area contributed by atoms with Gasteiger partial charge in [-0.05, 0) is 25.0 Å². The maximum Gasteiger partial charge on any atom is 0.326 e. The zero-order valence-electron chi connectivity index (χ0n) is 11.6. The molecule has 0 aromatic heterocycles. The van der Waals surface area contributed by atoms with E-state index in [1.54, 1.807) is 6.07 Å². The summed E-state index contributed by atoms with van der Waals surface area (Å²) in [6.07, 6.45) is 0.782. The largest absolute Gasteiger partial charge is 0.480 e. The van der Waals surface area contributed by atoms with E-state index in [1.807, 2.05) is 0 Å². The molecular weight excluding hydrogens is 278 g/mol. The summed E-state index contributed by atoms with van der Waals surface area (Å²) < 4.78 is 0. The van der Waals surface area contributed by atoms with Gasteiger partial charge in [0.25, 0.3) is 5.69 Å². The lowest BCUT2D eigenvalue weighted by molar-refractivity contribution is -0.384. The number of likely N-dealkylation sites (N-methyl/N-ethyl adjacent to an activating group) is 1. The minimum Gasteiger partial charge on any atom is -0.480 e. The topological polar surface area (TPSA) is 113 Å². The maximum atomic E-state index is 11.4. The number of benzene rings is 1. The van der Waals surface area contributed by atoms with Crippen LogP contribution in [0.3, 0.4) is 0 Å². The van der Waals surface area contributed by atoms with Gasteiger partial charge in [0.2, 0.25) is 5.91 Å². The first-order valence-electron chi connectivity index (χ1n) is 6.38. The van der Waals surface area contributed by atoms with Crippen molar-refractivity contribution >= 4 is 28.9 Å². The molecule has 0 saturated heterocycles. The fourth-order valence-electron chi connectivity index (χ4n) is 2.21. The zero-order chi connectivity index (χ0) is 15.7. The Balaban J connectivity index is 2.52. The Bertz CT molecular complexity index is 628. The summed E-state index contributed by atoms with van der Waals surface area (Å²) in [6, 6.07) is 1.96. The van der Waals surface area contributed by atoms with Crippen LogP contribution in [0.1, 0.15) is 18.9 Å². The number of carboxylic acid groups (broad SMARTS) is 1. The second kappa shape index (κ2) is 5.39. The van der Waals surface area contributed by atoms with Gasteiger partial charge in [0.15, 0.2) is 0 Å². The van der Waals surface area contributed by atoms with Crippen LogP contribution in [0.5, 0.6) is 0 Å². The molecule has 1 heterocycles. The Labute approximate surface area is 120 Å². The van der Waals surface area contributed by atoms with Gasteiger partial charge in [0.1, 0.15) is 11.7 Å². The molecule has 0 radical (unpaired) electrons. The summed E-state index contributed by atoms with van der Waals surface area (Å²) in [6.45, 7) is 1.45. The summed E-state index contributed by atoms with van der Waals surface area (Å²) >= 11 is 0. The minimum atomic E-state index is -1.07. The molecule has 112 valence electrons. The fraction of sp³-hybridized carbons (Fsp3) is 0.385. The van der Waals surface area contributed by atoms with Crippen molar-refractivity contribution in [1.29, 1.82) is 0 Å². The number of amides is 1. The van der Waals surface area contributed by atoms with Crippen LogP contribution in [0, 0.1) is 10.1 Å². The average molecular weight is 293 g/mol. The first-order chi connectivity index (χ1) is 9.81. The van der Waals surface area contributed by atoms with E-state index in [4.69, 9.17) is 5.11 Å². The molecule has 1 unspecified atom stereocenters. The zero-order valence-corrected chi connectivity index (χ0v) is 11.6. The Morgan fingerprint density at radius 1 is 1.48 bits per heavy atom. The lowest BCUT2D eigenvalue weighted by atomic mass is 10.0. The van der Waals surface area contributed by atoms with Crippen LogP contribution in [0.2, 0.25) is 0 Å². The third-order valence-electron chi connectivity index (χ3n) is 3.61. The van der Waals surface area contributed by atoms with E-state index in [0.717, 1.165) is 5.56 Å². The second-order valence-corrected chi connectivity index (χ2v) is 4.93. The Hall–Kier alpha value is -2.64. The molecule has 1 atom stereocenters. The van der Waals surface area contributed by atoms with Crippen LogP contribution in [0.25, 0.3) is 0 Å². The summed E-state index contributed by atoms with van der Waals surface area (Å²) in [4.78, 5) is 34.4. The predicted molar refractivity (Wildman–Crippen MR) is 75.5 cm³/mol. The van der Waals surface area contributed by atoms with Gasteiger partial charge in [0, 0.05) is 19.5 Å². The van der Waals surface area contributed by atoms with Gasteiger partial charge in [0.05, 0.1) is 10.6 Å². The van der Waals surface area contributed by atoms with Crippen molar-refractivity contribution in [1.82, 2.24) is 0 Å². The maximum absolute atomic E-state index is 11.4. The van der Waals surface area contributed by atoms with Crippen molar-refractivity contribution in [3.63, 3.8) is 0 Å². The summed E-state index contributed by atoms with van der Waals surface area (Å²) in [5.41, 5.74) is 1.18. The summed E-state index contributed by atoms with van der Waals surface area (Å²) in [5.74, 6) is -1.25. The van der Waals surface area contributed by atoms with Crippen LogP contribution in [-0.4, -0.2) is 35.0 Å². The molecular formula is C13H15N3O5. The molecule has 1 aliphatic heterocycles. The molecule has 1 aromatic rings. The Kier molecular flexibility index (Phi) is 3.79. The molecule has 2 rings (SSSR count). The van der Waals surface area contributed by atoms with Crippen molar-refractivity contribution < 1.29 is 19.6 Å². The molecule has 8 heteroatoms. The number of hydrogen-bond acceptors (Lipinski definition) is 5. The average Bonchev–Trinajstić information content (AvgIpc) is 2.43. The highest BCUT2D eigenvalue weighted by Crippen LogP contribution is 2.36. The molecule has 2 N–H and O–H groups in total. The van der Waals surface area contributed by atoms with Crippen molar-refractivity contribution in [3.05, 3.63) is 27.8 Å². The van der Waals surface area contributed by atoms with Gasteiger partial charge in [-0.25, -0.2) is 4.79 Å². The number of carbonyl (C=O) groups is 2. The van der Waals surface area contributed by atoms with E-state index >= 15 is 0 Å². The monoisotopic (exact) mass is 293 g/mol. The third kappa shape index (κ3) is 2.78. The van der Waals surface area contributed by atoms with E-state index < -0.39 is 16.9 Å². The van der Waals surface area contributed by atoms with Gasteiger partial charge < -0.3 is 15.3 Å². The minimum absolute atomic E-state index is 0.184. The molecule has 8 nitrogen and oxygen atoms in total. The highest BCUT2D eigenvalue weighted by Gasteiger charge is 2.28. The fourth-order valence-corrected chi connectivity index (χ4v) is 2.21. The molecule has 0 fully saturated rings. The number of anilines is 2. The van der Waals surface area contributed by atoms with Crippen LogP contribution in [0.4, 0.5) is 17.1 Å². The second-order valence-electron chi connectivity index (χ2n) is 4.93. The number of aliphatic carboxylic acids is 1. The summed E-state index contributed by atoms with van der Waals surface area (Å²) in [7, 11) is 1.49. The van der Waals surface area contributed by atoms with E-state index in [2.05, 4.69) is 5.32 Å². The van der Waals surface area contributed by atoms with Gasteiger partial charge in [-0.15, -0.1) is 0 Å². The molecule has 0 aliphatic carbocycles. The number of nitro groups is 1. The highest BCUT2D eigenvalue weighted by atomic mass is 16.6. The lowest BCUT2D eigenvalue weighted by Gasteiger charge is -2.25. The number of aryl methyl sites for hydroxylation is 1. The molecule has 0 saturated carbocycles. The number of carboxylic acids is 1. The van der Waals surface area contributed by atoms with Crippen molar-refractivity contribution in [3.8, 4) is 0 Å². The molecule has 1 aliphatic rings. The predicted octanol–water partition coefficient (Wildman–Crippen LogP) is 1.39. The number of nitrogens with zero attached hydrogens (tertiary/aromatic N) is 2. The number of fused-ring (bicyclic) bond motifs is 1. The van der Waals surface area contributed by atoms with Gasteiger partial charge in [-0.1, -0.05) is 0 Å². The quantitative estimate of drug-likeness (QED) is 0.640. The van der Waals surface area contributed by atoms with E-state index in [-0.39, 0.29) is 17.3 Å². The normalized spacial score (nSPS) is 14.9. The Morgan fingerprint density at radius 3 is 2.71 bits per heavy atom. The molecule has 1 aromatic carbocycles. The van der Waals surface area contributed by atoms with Crippen molar-refractivity contribution in [2.45, 2.75) is 25.8 Å². The standard InChI is InChI=1S/C13H15N3O5/c1-7(13(18)19)15(2)10-5-8-3-4-12(17)14-9(8)6-11(10)16(20)21/h5-7H,3-4H2,1-2H3,(H,14,17)(H,18,19).